The van der Waals surface area contributed by atoms with Crippen LogP contribution >= 0.6 is 11.6 Å². The van der Waals surface area contributed by atoms with E-state index in [1.807, 2.05) is 13.8 Å². The lowest BCUT2D eigenvalue weighted by molar-refractivity contribution is 0.0746. The van der Waals surface area contributed by atoms with Gasteiger partial charge >= 0.3 is 0 Å². The number of piperazine rings is 1. The summed E-state index contributed by atoms with van der Waals surface area (Å²) in [5.74, 6) is 0.473. The number of rotatable bonds is 3. The fourth-order valence-corrected chi connectivity index (χ4v) is 2.95. The van der Waals surface area contributed by atoms with E-state index in [0.717, 1.165) is 11.5 Å². The summed E-state index contributed by atoms with van der Waals surface area (Å²) in [6.45, 7) is 6.52. The SMILES string of the molecule is CC(C)c1ncc(C(=O)N2CCN(c3ccc(F)c(Cl)c3)CC2)cn1. The summed E-state index contributed by atoms with van der Waals surface area (Å²) >= 11 is 5.85. The van der Waals surface area contributed by atoms with Gasteiger partial charge in [0.1, 0.15) is 11.6 Å². The fourth-order valence-electron chi connectivity index (χ4n) is 2.78. The van der Waals surface area contributed by atoms with Crippen molar-refractivity contribution in [2.45, 2.75) is 19.8 Å². The predicted octanol–water partition coefficient (Wildman–Crippen LogP) is 3.35. The van der Waals surface area contributed by atoms with Gasteiger partial charge < -0.3 is 9.80 Å². The van der Waals surface area contributed by atoms with Crippen LogP contribution < -0.4 is 4.90 Å². The molecule has 0 N–H and O–H groups in total. The standard InChI is InChI=1S/C18H20ClFN4O/c1-12(2)17-21-10-13(11-22-17)18(25)24-7-5-23(6-8-24)14-3-4-16(20)15(19)9-14/h3-4,9-12H,5-8H2,1-2H3. The van der Waals surface area contributed by atoms with Crippen LogP contribution in [0.4, 0.5) is 10.1 Å². The van der Waals surface area contributed by atoms with Crippen LogP contribution in [0.1, 0.15) is 35.9 Å². The first-order chi connectivity index (χ1) is 12.0. The van der Waals surface area contributed by atoms with Crippen molar-refractivity contribution in [1.29, 1.82) is 0 Å². The van der Waals surface area contributed by atoms with Crippen molar-refractivity contribution in [1.82, 2.24) is 14.9 Å². The van der Waals surface area contributed by atoms with Crippen molar-refractivity contribution < 1.29 is 9.18 Å². The molecule has 0 saturated carbocycles. The first kappa shape index (κ1) is 17.6. The van der Waals surface area contributed by atoms with Gasteiger partial charge in [-0.25, -0.2) is 14.4 Å². The van der Waals surface area contributed by atoms with Gasteiger partial charge in [-0.05, 0) is 18.2 Å². The maximum absolute atomic E-state index is 13.3. The highest BCUT2D eigenvalue weighted by atomic mass is 35.5. The van der Waals surface area contributed by atoms with Gasteiger partial charge in [-0.15, -0.1) is 0 Å². The molecule has 0 bridgehead atoms. The van der Waals surface area contributed by atoms with Crippen molar-refractivity contribution in [3.05, 3.63) is 52.8 Å². The number of hydrogen-bond donors (Lipinski definition) is 0. The zero-order valence-electron chi connectivity index (χ0n) is 14.2. The van der Waals surface area contributed by atoms with Gasteiger partial charge in [0.2, 0.25) is 0 Å². The van der Waals surface area contributed by atoms with E-state index in [0.29, 0.717) is 31.7 Å². The molecule has 2 heterocycles. The maximum atomic E-state index is 13.3. The van der Waals surface area contributed by atoms with Crippen molar-refractivity contribution in [2.24, 2.45) is 0 Å². The zero-order chi connectivity index (χ0) is 18.0. The summed E-state index contributed by atoms with van der Waals surface area (Å²) in [5.41, 5.74) is 1.37. The van der Waals surface area contributed by atoms with Gasteiger partial charge in [0.15, 0.2) is 0 Å². The van der Waals surface area contributed by atoms with Crippen LogP contribution in [0.25, 0.3) is 0 Å². The Morgan fingerprint density at radius 2 is 1.80 bits per heavy atom. The molecule has 25 heavy (non-hydrogen) atoms. The van der Waals surface area contributed by atoms with Gasteiger partial charge in [0.25, 0.3) is 5.91 Å². The second-order valence-corrected chi connectivity index (χ2v) is 6.77. The van der Waals surface area contributed by atoms with Gasteiger partial charge in [0, 0.05) is 50.2 Å². The first-order valence-corrected chi connectivity index (χ1v) is 8.64. The molecule has 132 valence electrons. The molecular formula is C18H20ClFN4O. The molecule has 1 aromatic carbocycles. The molecule has 0 aliphatic carbocycles. The van der Waals surface area contributed by atoms with E-state index < -0.39 is 5.82 Å². The molecule has 1 saturated heterocycles. The van der Waals surface area contributed by atoms with Crippen LogP contribution in [0.5, 0.6) is 0 Å². The lowest BCUT2D eigenvalue weighted by Gasteiger charge is -2.36. The van der Waals surface area contributed by atoms with E-state index in [2.05, 4.69) is 14.9 Å². The summed E-state index contributed by atoms with van der Waals surface area (Å²) in [6, 6.07) is 4.69. The van der Waals surface area contributed by atoms with E-state index in [1.165, 1.54) is 6.07 Å². The van der Waals surface area contributed by atoms with E-state index in [9.17, 15) is 9.18 Å². The molecular weight excluding hydrogens is 343 g/mol. The third-order valence-corrected chi connectivity index (χ3v) is 4.56. The number of aromatic nitrogens is 2. The Morgan fingerprint density at radius 3 is 2.36 bits per heavy atom. The largest absolute Gasteiger partial charge is 0.368 e. The van der Waals surface area contributed by atoms with Crippen LogP contribution in [0, 0.1) is 5.82 Å². The van der Waals surface area contributed by atoms with Gasteiger partial charge in [0.05, 0.1) is 10.6 Å². The van der Waals surface area contributed by atoms with Crippen molar-refractivity contribution in [3.63, 3.8) is 0 Å². The highest BCUT2D eigenvalue weighted by molar-refractivity contribution is 6.31. The molecule has 0 radical (unpaired) electrons. The Balaban J connectivity index is 1.63. The molecule has 3 rings (SSSR count). The number of amides is 1. The first-order valence-electron chi connectivity index (χ1n) is 8.27. The monoisotopic (exact) mass is 362 g/mol. The number of carbonyl (C=O) groups excluding carboxylic acids is 1. The second-order valence-electron chi connectivity index (χ2n) is 6.36. The van der Waals surface area contributed by atoms with Crippen LogP contribution in [0.2, 0.25) is 5.02 Å². The average Bonchev–Trinajstić information content (AvgIpc) is 2.63. The number of anilines is 1. The van der Waals surface area contributed by atoms with Crippen LogP contribution in [-0.4, -0.2) is 47.0 Å². The third-order valence-electron chi connectivity index (χ3n) is 4.27. The molecule has 0 atom stereocenters. The van der Waals surface area contributed by atoms with E-state index >= 15 is 0 Å². The number of nitrogens with zero attached hydrogens (tertiary/aromatic N) is 4. The molecule has 0 spiro atoms. The second kappa shape index (κ2) is 7.35. The van der Waals surface area contributed by atoms with Crippen LogP contribution in [0.3, 0.4) is 0 Å². The Hall–Kier alpha value is -2.21. The number of carbonyl (C=O) groups is 1. The smallest absolute Gasteiger partial charge is 0.257 e. The Bertz CT molecular complexity index is 758. The van der Waals surface area contributed by atoms with Crippen molar-refractivity contribution in [3.8, 4) is 0 Å². The Labute approximate surface area is 151 Å². The topological polar surface area (TPSA) is 49.3 Å². The molecule has 0 unspecified atom stereocenters. The molecule has 1 amide bonds. The van der Waals surface area contributed by atoms with Gasteiger partial charge in [-0.2, -0.15) is 0 Å². The highest BCUT2D eigenvalue weighted by Crippen LogP contribution is 2.24. The Kier molecular flexibility index (Phi) is 5.18. The molecule has 1 aliphatic rings. The molecule has 2 aromatic rings. The van der Waals surface area contributed by atoms with E-state index in [-0.39, 0.29) is 16.8 Å². The summed E-state index contributed by atoms with van der Waals surface area (Å²) in [7, 11) is 0. The lowest BCUT2D eigenvalue weighted by atomic mass is 10.2. The van der Waals surface area contributed by atoms with Crippen LogP contribution in [0.15, 0.2) is 30.6 Å². The number of halogens is 2. The normalized spacial score (nSPS) is 14.9. The van der Waals surface area contributed by atoms with Gasteiger partial charge in [-0.3, -0.25) is 4.79 Å². The number of hydrogen-bond acceptors (Lipinski definition) is 4. The minimum Gasteiger partial charge on any atom is -0.368 e. The maximum Gasteiger partial charge on any atom is 0.257 e. The molecule has 1 fully saturated rings. The zero-order valence-corrected chi connectivity index (χ0v) is 15.0. The molecule has 5 nitrogen and oxygen atoms in total. The average molecular weight is 363 g/mol. The Morgan fingerprint density at radius 1 is 1.16 bits per heavy atom. The van der Waals surface area contributed by atoms with E-state index in [1.54, 1.807) is 29.4 Å². The minimum absolute atomic E-state index is 0.0629. The summed E-state index contributed by atoms with van der Waals surface area (Å²) in [5, 5.41) is 0.110. The summed E-state index contributed by atoms with van der Waals surface area (Å²) in [6.07, 6.45) is 3.19. The summed E-state index contributed by atoms with van der Waals surface area (Å²) < 4.78 is 13.3. The van der Waals surface area contributed by atoms with Gasteiger partial charge in [-0.1, -0.05) is 25.4 Å². The molecule has 1 aromatic heterocycles. The lowest BCUT2D eigenvalue weighted by Crippen LogP contribution is -2.48. The minimum atomic E-state index is -0.427. The fraction of sp³-hybridized carbons (Fsp3) is 0.389. The molecule has 1 aliphatic heterocycles. The van der Waals surface area contributed by atoms with E-state index in [4.69, 9.17) is 11.6 Å². The highest BCUT2D eigenvalue weighted by Gasteiger charge is 2.23. The predicted molar refractivity (Wildman–Crippen MR) is 95.6 cm³/mol. The molecule has 7 heteroatoms. The third kappa shape index (κ3) is 3.90. The quantitative estimate of drug-likeness (QED) is 0.840. The van der Waals surface area contributed by atoms with Crippen LogP contribution in [-0.2, 0) is 0 Å². The summed E-state index contributed by atoms with van der Waals surface area (Å²) in [4.78, 5) is 25.0. The number of benzene rings is 1. The van der Waals surface area contributed by atoms with Crippen molar-refractivity contribution >= 4 is 23.2 Å². The van der Waals surface area contributed by atoms with Crippen molar-refractivity contribution in [2.75, 3.05) is 31.1 Å².